The molecule has 0 radical (unpaired) electrons. The molecule has 1 heterocycles. The van der Waals surface area contributed by atoms with Gasteiger partial charge in [0.1, 0.15) is 17.3 Å². The summed E-state index contributed by atoms with van der Waals surface area (Å²) < 4.78 is 5.40. The van der Waals surface area contributed by atoms with E-state index in [0.717, 1.165) is 5.75 Å². The minimum absolute atomic E-state index is 0.0822. The Morgan fingerprint density at radius 2 is 1.86 bits per heavy atom. The van der Waals surface area contributed by atoms with Crippen LogP contribution in [0.5, 0.6) is 5.75 Å². The second-order valence-corrected chi connectivity index (χ2v) is 5.45. The molecule has 21 heavy (non-hydrogen) atoms. The van der Waals surface area contributed by atoms with Crippen molar-refractivity contribution >= 4 is 17.5 Å². The Morgan fingerprint density at radius 3 is 2.38 bits per heavy atom. The van der Waals surface area contributed by atoms with Crippen molar-refractivity contribution in [3.8, 4) is 5.75 Å². The minimum Gasteiger partial charge on any atom is -0.494 e. The Hall–Kier alpha value is -2.04. The number of anilines is 1. The molecule has 2 rings (SSSR count). The van der Waals surface area contributed by atoms with Crippen LogP contribution in [-0.2, 0) is 9.59 Å². The average molecular weight is 290 g/mol. The molecule has 5 nitrogen and oxygen atoms in total. The highest BCUT2D eigenvalue weighted by atomic mass is 16.5. The lowest BCUT2D eigenvalue weighted by Crippen LogP contribution is -2.68. The quantitative estimate of drug-likeness (QED) is 0.924. The van der Waals surface area contributed by atoms with Crippen molar-refractivity contribution in [2.24, 2.45) is 0 Å². The smallest absolute Gasteiger partial charge is 0.253 e. The van der Waals surface area contributed by atoms with Crippen LogP contribution >= 0.6 is 0 Å². The lowest BCUT2D eigenvalue weighted by atomic mass is 9.92. The predicted octanol–water partition coefficient (Wildman–Crippen LogP) is 2.11. The lowest BCUT2D eigenvalue weighted by Gasteiger charge is -2.43. The summed E-state index contributed by atoms with van der Waals surface area (Å²) in [5.74, 6) is 0.537. The van der Waals surface area contributed by atoms with Crippen molar-refractivity contribution < 1.29 is 14.3 Å². The SMILES string of the molecule is CCOc1ccc(N2C(=O)C(C)(CC)NC(=O)C2C)cc1. The second-order valence-electron chi connectivity index (χ2n) is 5.45. The van der Waals surface area contributed by atoms with Gasteiger partial charge >= 0.3 is 0 Å². The largest absolute Gasteiger partial charge is 0.494 e. The molecule has 0 saturated carbocycles. The molecule has 1 aliphatic rings. The van der Waals surface area contributed by atoms with Gasteiger partial charge in [-0.15, -0.1) is 0 Å². The van der Waals surface area contributed by atoms with E-state index in [9.17, 15) is 9.59 Å². The van der Waals surface area contributed by atoms with E-state index in [2.05, 4.69) is 5.32 Å². The highest BCUT2D eigenvalue weighted by Gasteiger charge is 2.45. The monoisotopic (exact) mass is 290 g/mol. The van der Waals surface area contributed by atoms with Crippen LogP contribution in [0.15, 0.2) is 24.3 Å². The van der Waals surface area contributed by atoms with Gasteiger partial charge in [-0.2, -0.15) is 0 Å². The van der Waals surface area contributed by atoms with Gasteiger partial charge in [0.15, 0.2) is 0 Å². The van der Waals surface area contributed by atoms with Gasteiger partial charge < -0.3 is 10.1 Å². The Balaban J connectivity index is 2.35. The zero-order valence-electron chi connectivity index (χ0n) is 13.0. The lowest BCUT2D eigenvalue weighted by molar-refractivity contribution is -0.137. The van der Waals surface area contributed by atoms with Gasteiger partial charge in [0, 0.05) is 5.69 Å². The highest BCUT2D eigenvalue weighted by Crippen LogP contribution is 2.28. The van der Waals surface area contributed by atoms with Crippen molar-refractivity contribution in [1.29, 1.82) is 0 Å². The van der Waals surface area contributed by atoms with Crippen LogP contribution in [0, 0.1) is 0 Å². The molecule has 2 atom stereocenters. The predicted molar refractivity (Wildman–Crippen MR) is 81.4 cm³/mol. The molecule has 1 fully saturated rings. The van der Waals surface area contributed by atoms with Crippen molar-refractivity contribution in [3.63, 3.8) is 0 Å². The first-order chi connectivity index (χ1) is 9.92. The Labute approximate surface area is 125 Å². The van der Waals surface area contributed by atoms with E-state index in [4.69, 9.17) is 4.74 Å². The summed E-state index contributed by atoms with van der Waals surface area (Å²) in [6.07, 6.45) is 0.553. The fourth-order valence-corrected chi connectivity index (χ4v) is 2.44. The third-order valence-electron chi connectivity index (χ3n) is 3.99. The molecule has 1 aromatic carbocycles. The summed E-state index contributed by atoms with van der Waals surface area (Å²) in [6, 6.07) is 6.74. The van der Waals surface area contributed by atoms with Crippen molar-refractivity contribution in [3.05, 3.63) is 24.3 Å². The third-order valence-corrected chi connectivity index (χ3v) is 3.99. The maximum atomic E-state index is 12.7. The van der Waals surface area contributed by atoms with E-state index in [1.54, 1.807) is 18.7 Å². The fourth-order valence-electron chi connectivity index (χ4n) is 2.44. The van der Waals surface area contributed by atoms with Gasteiger partial charge in [0.25, 0.3) is 5.91 Å². The maximum Gasteiger partial charge on any atom is 0.253 e. The number of nitrogens with zero attached hydrogens (tertiary/aromatic N) is 1. The van der Waals surface area contributed by atoms with Crippen LogP contribution in [0.2, 0.25) is 0 Å². The Morgan fingerprint density at radius 1 is 1.24 bits per heavy atom. The number of amides is 2. The van der Waals surface area contributed by atoms with Gasteiger partial charge in [-0.05, 0) is 51.5 Å². The van der Waals surface area contributed by atoms with Crippen LogP contribution < -0.4 is 15.0 Å². The summed E-state index contributed by atoms with van der Waals surface area (Å²) in [5, 5.41) is 2.82. The number of hydrogen-bond acceptors (Lipinski definition) is 3. The zero-order valence-corrected chi connectivity index (χ0v) is 13.0. The number of rotatable bonds is 4. The van der Waals surface area contributed by atoms with E-state index in [0.29, 0.717) is 18.7 Å². The molecule has 5 heteroatoms. The summed E-state index contributed by atoms with van der Waals surface area (Å²) in [4.78, 5) is 26.4. The van der Waals surface area contributed by atoms with Gasteiger partial charge in [-0.25, -0.2) is 0 Å². The van der Waals surface area contributed by atoms with Crippen molar-refractivity contribution in [1.82, 2.24) is 5.32 Å². The number of carbonyl (C=O) groups excluding carboxylic acids is 2. The first kappa shape index (κ1) is 15.4. The summed E-state index contributed by atoms with van der Waals surface area (Å²) in [7, 11) is 0. The minimum atomic E-state index is -0.845. The van der Waals surface area contributed by atoms with Crippen LogP contribution in [0.25, 0.3) is 0 Å². The number of piperazine rings is 1. The van der Waals surface area contributed by atoms with Crippen LogP contribution in [0.3, 0.4) is 0 Å². The van der Waals surface area contributed by atoms with E-state index >= 15 is 0 Å². The zero-order chi connectivity index (χ0) is 15.6. The molecule has 2 amide bonds. The van der Waals surface area contributed by atoms with E-state index in [-0.39, 0.29) is 11.8 Å². The number of benzene rings is 1. The molecule has 2 unspecified atom stereocenters. The van der Waals surface area contributed by atoms with Gasteiger partial charge in [0.05, 0.1) is 6.61 Å². The molecule has 0 aliphatic carbocycles. The molecular weight excluding hydrogens is 268 g/mol. The normalized spacial score (nSPS) is 25.7. The molecule has 1 aliphatic heterocycles. The van der Waals surface area contributed by atoms with Crippen molar-refractivity contribution in [2.45, 2.75) is 45.7 Å². The molecular formula is C16H22N2O3. The summed E-state index contributed by atoms with van der Waals surface area (Å²) in [5.41, 5.74) is -0.132. The van der Waals surface area contributed by atoms with Crippen LogP contribution in [0.4, 0.5) is 5.69 Å². The number of ether oxygens (including phenoxy) is 1. The molecule has 0 bridgehead atoms. The third kappa shape index (κ3) is 2.73. The first-order valence-corrected chi connectivity index (χ1v) is 7.31. The molecule has 1 N–H and O–H groups in total. The first-order valence-electron chi connectivity index (χ1n) is 7.31. The van der Waals surface area contributed by atoms with Crippen molar-refractivity contribution in [2.75, 3.05) is 11.5 Å². The molecule has 0 spiro atoms. The van der Waals surface area contributed by atoms with E-state index in [1.807, 2.05) is 38.1 Å². The van der Waals surface area contributed by atoms with Gasteiger partial charge in [-0.1, -0.05) is 6.92 Å². The molecule has 0 aromatic heterocycles. The van der Waals surface area contributed by atoms with E-state index < -0.39 is 11.6 Å². The van der Waals surface area contributed by atoms with Gasteiger partial charge in [-0.3, -0.25) is 14.5 Å². The Kier molecular flexibility index (Phi) is 4.21. The van der Waals surface area contributed by atoms with Crippen LogP contribution in [-0.4, -0.2) is 30.0 Å². The molecule has 1 saturated heterocycles. The topological polar surface area (TPSA) is 58.6 Å². The Bertz CT molecular complexity index is 541. The van der Waals surface area contributed by atoms with Crippen LogP contribution in [0.1, 0.15) is 34.1 Å². The maximum absolute atomic E-state index is 12.7. The highest BCUT2D eigenvalue weighted by molar-refractivity contribution is 6.10. The van der Waals surface area contributed by atoms with E-state index in [1.165, 1.54) is 0 Å². The molecule has 114 valence electrons. The number of carbonyl (C=O) groups is 2. The number of nitrogens with one attached hydrogen (secondary N) is 1. The standard InChI is InChI=1S/C16H22N2O3/c1-5-16(4)15(20)18(11(3)14(19)17-16)12-7-9-13(10-8-12)21-6-2/h7-11H,5-6H2,1-4H3,(H,17,19). The van der Waals surface area contributed by atoms with Gasteiger partial charge in [0.2, 0.25) is 5.91 Å². The summed E-state index contributed by atoms with van der Waals surface area (Å²) in [6.45, 7) is 7.90. The number of hydrogen-bond donors (Lipinski definition) is 1. The summed E-state index contributed by atoms with van der Waals surface area (Å²) >= 11 is 0. The average Bonchev–Trinajstić information content (AvgIpc) is 2.47. The molecule has 1 aromatic rings. The fraction of sp³-hybridized carbons (Fsp3) is 0.500. The second kappa shape index (κ2) is 5.76.